The maximum Gasteiger partial charge on any atom is 0.135 e. The second-order valence-corrected chi connectivity index (χ2v) is 2.21. The standard InChI is InChI=1S/C7H7OS/c8-7(9)6-4-2-1-3-5-6/h1-5,7-8H. The van der Waals surface area contributed by atoms with Crippen LogP contribution in [0.25, 0.3) is 0 Å². The Morgan fingerprint density at radius 2 is 1.78 bits per heavy atom. The van der Waals surface area contributed by atoms with E-state index in [-0.39, 0.29) is 0 Å². The molecule has 0 bridgehead atoms. The van der Waals surface area contributed by atoms with Crippen molar-refractivity contribution in [3.05, 3.63) is 35.9 Å². The van der Waals surface area contributed by atoms with Crippen LogP contribution in [0.15, 0.2) is 30.3 Å². The minimum Gasteiger partial charge on any atom is -0.377 e. The number of aliphatic hydroxyl groups excluding tert-OH is 1. The molecule has 0 amide bonds. The molecule has 1 unspecified atom stereocenters. The van der Waals surface area contributed by atoms with Crippen molar-refractivity contribution in [1.82, 2.24) is 0 Å². The molecule has 0 aliphatic rings. The Labute approximate surface area is 59.7 Å². The molecule has 0 saturated carbocycles. The summed E-state index contributed by atoms with van der Waals surface area (Å²) in [5.74, 6) is 0. The van der Waals surface area contributed by atoms with Gasteiger partial charge in [-0.05, 0) is 5.56 Å². The van der Waals surface area contributed by atoms with Crippen LogP contribution in [0.1, 0.15) is 11.0 Å². The fraction of sp³-hybridized carbons (Fsp3) is 0.143. The minimum atomic E-state index is -0.758. The van der Waals surface area contributed by atoms with Crippen molar-refractivity contribution in [2.75, 3.05) is 0 Å². The molecule has 9 heavy (non-hydrogen) atoms. The fourth-order valence-corrected chi connectivity index (χ4v) is 0.775. The van der Waals surface area contributed by atoms with E-state index in [1.165, 1.54) is 0 Å². The van der Waals surface area contributed by atoms with Gasteiger partial charge in [0.15, 0.2) is 0 Å². The quantitative estimate of drug-likeness (QED) is 0.629. The topological polar surface area (TPSA) is 20.2 Å². The lowest BCUT2D eigenvalue weighted by molar-refractivity contribution is 0.272. The number of hydrogen-bond donors (Lipinski definition) is 1. The van der Waals surface area contributed by atoms with Gasteiger partial charge < -0.3 is 5.11 Å². The van der Waals surface area contributed by atoms with Gasteiger partial charge in [0.1, 0.15) is 5.44 Å². The summed E-state index contributed by atoms with van der Waals surface area (Å²) in [6.07, 6.45) is 0. The summed E-state index contributed by atoms with van der Waals surface area (Å²) in [6, 6.07) is 9.20. The van der Waals surface area contributed by atoms with Gasteiger partial charge in [0.2, 0.25) is 0 Å². The van der Waals surface area contributed by atoms with Gasteiger partial charge >= 0.3 is 0 Å². The highest BCUT2D eigenvalue weighted by molar-refractivity contribution is 7.80. The first-order valence-electron chi connectivity index (χ1n) is 2.69. The Kier molecular flexibility index (Phi) is 2.14. The average Bonchev–Trinajstić information content (AvgIpc) is 1.90. The summed E-state index contributed by atoms with van der Waals surface area (Å²) in [4.78, 5) is 0. The Morgan fingerprint density at radius 1 is 1.22 bits per heavy atom. The molecule has 0 fully saturated rings. The summed E-state index contributed by atoms with van der Waals surface area (Å²) in [6.45, 7) is 0. The molecule has 1 rings (SSSR count). The lowest BCUT2D eigenvalue weighted by Crippen LogP contribution is -1.84. The molecule has 0 saturated heterocycles. The first-order valence-corrected chi connectivity index (χ1v) is 3.16. The van der Waals surface area contributed by atoms with Gasteiger partial charge in [0.05, 0.1) is 0 Å². The number of benzene rings is 1. The summed E-state index contributed by atoms with van der Waals surface area (Å²) in [5, 5.41) is 8.84. The molecule has 1 N–H and O–H groups in total. The first kappa shape index (κ1) is 6.65. The molecular formula is C7H7OS. The van der Waals surface area contributed by atoms with Gasteiger partial charge in [-0.25, -0.2) is 0 Å². The van der Waals surface area contributed by atoms with Gasteiger partial charge in [-0.3, -0.25) is 0 Å². The Balaban J connectivity index is 2.85. The highest BCUT2D eigenvalue weighted by Crippen LogP contribution is 2.14. The molecule has 1 radical (unpaired) electrons. The van der Waals surface area contributed by atoms with E-state index in [2.05, 4.69) is 12.6 Å². The van der Waals surface area contributed by atoms with Gasteiger partial charge in [0.25, 0.3) is 0 Å². The lowest BCUT2D eigenvalue weighted by Gasteiger charge is -1.99. The van der Waals surface area contributed by atoms with Crippen LogP contribution in [0.3, 0.4) is 0 Å². The largest absolute Gasteiger partial charge is 0.377 e. The van der Waals surface area contributed by atoms with E-state index < -0.39 is 5.44 Å². The molecule has 0 spiro atoms. The van der Waals surface area contributed by atoms with Crippen LogP contribution in [-0.4, -0.2) is 5.11 Å². The van der Waals surface area contributed by atoms with Crippen LogP contribution < -0.4 is 0 Å². The summed E-state index contributed by atoms with van der Waals surface area (Å²) in [5.41, 5.74) is 0.0266. The van der Waals surface area contributed by atoms with Crippen LogP contribution in [0.4, 0.5) is 0 Å². The summed E-state index contributed by atoms with van der Waals surface area (Å²) in [7, 11) is 0. The highest BCUT2D eigenvalue weighted by Gasteiger charge is 1.97. The molecular weight excluding hydrogens is 132 g/mol. The molecule has 1 atom stereocenters. The van der Waals surface area contributed by atoms with Crippen molar-refractivity contribution < 1.29 is 5.11 Å². The van der Waals surface area contributed by atoms with Crippen molar-refractivity contribution in [2.45, 2.75) is 5.44 Å². The first-order chi connectivity index (χ1) is 4.30. The zero-order valence-corrected chi connectivity index (χ0v) is 5.64. The van der Waals surface area contributed by atoms with Gasteiger partial charge in [0, 0.05) is 0 Å². The van der Waals surface area contributed by atoms with Gasteiger partial charge in [-0.1, -0.05) is 43.0 Å². The van der Waals surface area contributed by atoms with Crippen molar-refractivity contribution in [3.8, 4) is 0 Å². The zero-order valence-electron chi connectivity index (χ0n) is 4.82. The van der Waals surface area contributed by atoms with E-state index in [0.717, 1.165) is 5.56 Å². The van der Waals surface area contributed by atoms with Gasteiger partial charge in [-0.2, -0.15) is 0 Å². The van der Waals surface area contributed by atoms with Gasteiger partial charge in [-0.15, -0.1) is 0 Å². The summed E-state index contributed by atoms with van der Waals surface area (Å²) < 4.78 is 0. The number of aliphatic hydroxyl groups is 1. The lowest BCUT2D eigenvalue weighted by atomic mass is 10.2. The predicted molar refractivity (Wildman–Crippen MR) is 39.0 cm³/mol. The maximum atomic E-state index is 8.84. The van der Waals surface area contributed by atoms with E-state index in [0.29, 0.717) is 0 Å². The van der Waals surface area contributed by atoms with Crippen LogP contribution in [-0.2, 0) is 0 Å². The van der Waals surface area contributed by atoms with Crippen molar-refractivity contribution in [2.24, 2.45) is 0 Å². The van der Waals surface area contributed by atoms with Crippen LogP contribution in [0.5, 0.6) is 0 Å². The maximum absolute atomic E-state index is 8.84. The normalized spacial score (nSPS) is 13.1. The van der Waals surface area contributed by atoms with Crippen LogP contribution in [0, 0.1) is 0 Å². The molecule has 2 heteroatoms. The van der Waals surface area contributed by atoms with E-state index in [4.69, 9.17) is 5.11 Å². The van der Waals surface area contributed by atoms with E-state index >= 15 is 0 Å². The fourth-order valence-electron chi connectivity index (χ4n) is 0.618. The third kappa shape index (κ3) is 1.73. The van der Waals surface area contributed by atoms with E-state index in [9.17, 15) is 0 Å². The highest BCUT2D eigenvalue weighted by atomic mass is 32.1. The van der Waals surface area contributed by atoms with Crippen molar-refractivity contribution >= 4 is 12.6 Å². The molecule has 47 valence electrons. The second-order valence-electron chi connectivity index (χ2n) is 1.76. The number of hydrogen-bond acceptors (Lipinski definition) is 1. The minimum absolute atomic E-state index is 0.758. The second kappa shape index (κ2) is 2.90. The summed E-state index contributed by atoms with van der Waals surface area (Å²) >= 11 is 4.60. The smallest absolute Gasteiger partial charge is 0.135 e. The van der Waals surface area contributed by atoms with Crippen LogP contribution in [0.2, 0.25) is 0 Å². The van der Waals surface area contributed by atoms with E-state index in [1.807, 2.05) is 18.2 Å². The SMILES string of the molecule is OC([S])c1ccccc1. The van der Waals surface area contributed by atoms with Crippen molar-refractivity contribution in [1.29, 1.82) is 0 Å². The van der Waals surface area contributed by atoms with Crippen LogP contribution >= 0.6 is 12.6 Å². The number of rotatable bonds is 1. The third-order valence-electron chi connectivity index (χ3n) is 1.08. The Hall–Kier alpha value is -0.470. The molecule has 1 aromatic rings. The monoisotopic (exact) mass is 139 g/mol. The molecule has 1 nitrogen and oxygen atoms in total. The molecule has 0 aromatic heterocycles. The molecule has 0 heterocycles. The molecule has 0 aliphatic carbocycles. The van der Waals surface area contributed by atoms with Crippen molar-refractivity contribution in [3.63, 3.8) is 0 Å². The van der Waals surface area contributed by atoms with E-state index in [1.54, 1.807) is 12.1 Å². The Morgan fingerprint density at radius 3 is 2.11 bits per heavy atom. The molecule has 1 aromatic carbocycles. The predicted octanol–water partition coefficient (Wildman–Crippen LogP) is 1.87. The average molecular weight is 139 g/mol. The zero-order chi connectivity index (χ0) is 6.69. The Bertz CT molecular complexity index is 172. The molecule has 0 aliphatic heterocycles. The third-order valence-corrected chi connectivity index (χ3v) is 1.36.